The predicted molar refractivity (Wildman–Crippen MR) is 75.4 cm³/mol. The Hall–Kier alpha value is -1.81. The number of hydrogen-bond acceptors (Lipinski definition) is 4. The number of aromatic nitrogens is 1. The molecule has 1 aromatic carbocycles. The Morgan fingerprint density at radius 2 is 2.05 bits per heavy atom. The van der Waals surface area contributed by atoms with Crippen LogP contribution in [0.5, 0.6) is 5.75 Å². The summed E-state index contributed by atoms with van der Waals surface area (Å²) >= 11 is 0. The van der Waals surface area contributed by atoms with Gasteiger partial charge in [0.2, 0.25) is 5.89 Å². The lowest BCUT2D eigenvalue weighted by atomic mass is 10.0. The topological polar surface area (TPSA) is 47.3 Å². The van der Waals surface area contributed by atoms with E-state index >= 15 is 0 Å². The van der Waals surface area contributed by atoms with E-state index in [0.29, 0.717) is 12.0 Å². The molecular weight excluding hydrogens is 252 g/mol. The van der Waals surface area contributed by atoms with Gasteiger partial charge in [0.25, 0.3) is 0 Å². The molecule has 1 aliphatic carbocycles. The van der Waals surface area contributed by atoms with Crippen molar-refractivity contribution in [3.8, 4) is 17.2 Å². The molecule has 4 nitrogen and oxygen atoms in total. The molecule has 0 spiro atoms. The van der Waals surface area contributed by atoms with E-state index in [4.69, 9.17) is 9.15 Å². The highest BCUT2D eigenvalue weighted by Gasteiger charge is 2.38. The zero-order valence-electron chi connectivity index (χ0n) is 11.3. The number of nitrogens with zero attached hydrogens (tertiary/aromatic N) is 1. The van der Waals surface area contributed by atoms with Crippen LogP contribution in [-0.4, -0.2) is 24.2 Å². The summed E-state index contributed by atoms with van der Waals surface area (Å²) in [6.07, 6.45) is 5.94. The molecule has 2 aromatic rings. The van der Waals surface area contributed by atoms with Crippen molar-refractivity contribution in [3.05, 3.63) is 36.7 Å². The van der Waals surface area contributed by atoms with Crippen LogP contribution in [0.4, 0.5) is 0 Å². The Bertz CT molecular complexity index is 570. The van der Waals surface area contributed by atoms with Crippen molar-refractivity contribution in [2.45, 2.75) is 18.9 Å². The van der Waals surface area contributed by atoms with Gasteiger partial charge in [0, 0.05) is 5.56 Å². The predicted octanol–water partition coefficient (Wildman–Crippen LogP) is 2.72. The van der Waals surface area contributed by atoms with Crippen LogP contribution < -0.4 is 10.1 Å². The highest BCUT2D eigenvalue weighted by atomic mass is 16.5. The van der Waals surface area contributed by atoms with Crippen LogP contribution in [0.3, 0.4) is 0 Å². The lowest BCUT2D eigenvalue weighted by Crippen LogP contribution is -2.18. The quantitative estimate of drug-likeness (QED) is 0.931. The van der Waals surface area contributed by atoms with Crippen LogP contribution in [-0.2, 0) is 0 Å². The zero-order chi connectivity index (χ0) is 13.4. The molecule has 0 bridgehead atoms. The Kier molecular flexibility index (Phi) is 2.96. The van der Waals surface area contributed by atoms with Gasteiger partial charge in [0.15, 0.2) is 0 Å². The van der Waals surface area contributed by atoms with Crippen LogP contribution >= 0.6 is 0 Å². The summed E-state index contributed by atoms with van der Waals surface area (Å²) in [7, 11) is 0. The molecule has 0 unspecified atom stereocenters. The van der Waals surface area contributed by atoms with Crippen molar-refractivity contribution >= 4 is 0 Å². The summed E-state index contributed by atoms with van der Waals surface area (Å²) < 4.78 is 11.5. The molecule has 1 N–H and O–H groups in total. The first kappa shape index (κ1) is 12.0. The van der Waals surface area contributed by atoms with Crippen molar-refractivity contribution in [1.29, 1.82) is 0 Å². The van der Waals surface area contributed by atoms with E-state index in [1.165, 1.54) is 12.8 Å². The van der Waals surface area contributed by atoms with Gasteiger partial charge in [-0.2, -0.15) is 0 Å². The van der Waals surface area contributed by atoms with Crippen LogP contribution in [0.15, 0.2) is 41.1 Å². The molecule has 2 aliphatic rings. The molecule has 0 amide bonds. The minimum absolute atomic E-state index is 0.354. The van der Waals surface area contributed by atoms with Crippen molar-refractivity contribution in [3.63, 3.8) is 0 Å². The smallest absolute Gasteiger partial charge is 0.225 e. The third kappa shape index (κ3) is 2.20. The number of hydrogen-bond donors (Lipinski definition) is 1. The van der Waals surface area contributed by atoms with Crippen LogP contribution in [0.1, 0.15) is 12.8 Å². The standard InChI is InChI=1S/C16H18N2O2/c1-2-11(16-18-4-5-19-16)6-14(3-1)20-15-7-12-9-17-10-13(12)8-15/h1-6,12-13,15,17H,7-10H2/t12-,13+,15-. The van der Waals surface area contributed by atoms with Gasteiger partial charge in [-0.1, -0.05) is 6.07 Å². The average Bonchev–Trinajstić information content (AvgIpc) is 3.15. The third-order valence-electron chi connectivity index (χ3n) is 4.43. The summed E-state index contributed by atoms with van der Waals surface area (Å²) in [5.41, 5.74) is 0.965. The number of rotatable bonds is 3. The minimum atomic E-state index is 0.354. The maximum absolute atomic E-state index is 6.15. The van der Waals surface area contributed by atoms with E-state index in [9.17, 15) is 0 Å². The van der Waals surface area contributed by atoms with Gasteiger partial charge >= 0.3 is 0 Å². The average molecular weight is 270 g/mol. The van der Waals surface area contributed by atoms with Crippen LogP contribution in [0.2, 0.25) is 0 Å². The molecule has 20 heavy (non-hydrogen) atoms. The van der Waals surface area contributed by atoms with Crippen molar-refractivity contribution in [1.82, 2.24) is 10.3 Å². The fourth-order valence-electron chi connectivity index (χ4n) is 3.47. The Morgan fingerprint density at radius 3 is 2.80 bits per heavy atom. The number of ether oxygens (including phenoxy) is 1. The third-order valence-corrected chi connectivity index (χ3v) is 4.43. The maximum Gasteiger partial charge on any atom is 0.225 e. The van der Waals surface area contributed by atoms with E-state index in [-0.39, 0.29) is 0 Å². The van der Waals surface area contributed by atoms with Gasteiger partial charge in [0.05, 0.1) is 12.3 Å². The monoisotopic (exact) mass is 270 g/mol. The van der Waals surface area contributed by atoms with Gasteiger partial charge in [-0.05, 0) is 56.0 Å². The number of oxazole rings is 1. The highest BCUT2D eigenvalue weighted by Crippen LogP contribution is 2.37. The maximum atomic E-state index is 6.15. The number of fused-ring (bicyclic) bond motifs is 1. The van der Waals surface area contributed by atoms with Crippen molar-refractivity contribution < 1.29 is 9.15 Å². The second-order valence-corrected chi connectivity index (χ2v) is 5.75. The second-order valence-electron chi connectivity index (χ2n) is 5.75. The number of nitrogens with one attached hydrogen (secondary N) is 1. The van der Waals surface area contributed by atoms with Gasteiger partial charge in [-0.15, -0.1) is 0 Å². The Balaban J connectivity index is 1.48. The lowest BCUT2D eigenvalue weighted by Gasteiger charge is -2.15. The summed E-state index contributed by atoms with van der Waals surface area (Å²) in [4.78, 5) is 4.18. The molecule has 4 heteroatoms. The zero-order valence-corrected chi connectivity index (χ0v) is 11.3. The van der Waals surface area contributed by atoms with E-state index < -0.39 is 0 Å². The molecule has 2 fully saturated rings. The molecule has 104 valence electrons. The van der Waals surface area contributed by atoms with Crippen molar-refractivity contribution in [2.75, 3.05) is 13.1 Å². The van der Waals surface area contributed by atoms with E-state index in [1.807, 2.05) is 24.3 Å². The molecule has 1 saturated carbocycles. The fourth-order valence-corrected chi connectivity index (χ4v) is 3.47. The SMILES string of the molecule is c1cc(O[C@H]2C[C@H]3CNC[C@H]3C2)cc(-c2ncco2)c1. The Morgan fingerprint density at radius 1 is 1.20 bits per heavy atom. The largest absolute Gasteiger partial charge is 0.490 e. The molecule has 4 rings (SSSR count). The molecule has 1 aliphatic heterocycles. The van der Waals surface area contributed by atoms with Gasteiger partial charge in [-0.25, -0.2) is 4.98 Å². The Labute approximate surface area is 118 Å². The highest BCUT2D eigenvalue weighted by molar-refractivity contribution is 5.55. The van der Waals surface area contributed by atoms with E-state index in [2.05, 4.69) is 10.3 Å². The second kappa shape index (κ2) is 4.94. The number of benzene rings is 1. The first-order valence-corrected chi connectivity index (χ1v) is 7.26. The molecule has 3 atom stereocenters. The van der Waals surface area contributed by atoms with Crippen LogP contribution in [0, 0.1) is 11.8 Å². The molecule has 0 radical (unpaired) electrons. The summed E-state index contributed by atoms with van der Waals surface area (Å²) in [6.45, 7) is 2.31. The van der Waals surface area contributed by atoms with Gasteiger partial charge in [-0.3, -0.25) is 0 Å². The summed E-state index contributed by atoms with van der Waals surface area (Å²) in [6, 6.07) is 8.01. The van der Waals surface area contributed by atoms with E-state index in [0.717, 1.165) is 36.2 Å². The normalized spacial score (nSPS) is 28.5. The van der Waals surface area contributed by atoms with Gasteiger partial charge < -0.3 is 14.5 Å². The van der Waals surface area contributed by atoms with Gasteiger partial charge in [0.1, 0.15) is 12.0 Å². The summed E-state index contributed by atoms with van der Waals surface area (Å²) in [5, 5.41) is 3.46. The first-order valence-electron chi connectivity index (χ1n) is 7.26. The minimum Gasteiger partial charge on any atom is -0.490 e. The molecule has 1 saturated heterocycles. The van der Waals surface area contributed by atoms with Crippen LogP contribution in [0.25, 0.3) is 11.5 Å². The lowest BCUT2D eigenvalue weighted by molar-refractivity contribution is 0.199. The first-order chi connectivity index (χ1) is 9.88. The van der Waals surface area contributed by atoms with E-state index in [1.54, 1.807) is 12.5 Å². The molecule has 1 aromatic heterocycles. The molecule has 2 heterocycles. The summed E-state index contributed by atoms with van der Waals surface area (Å²) in [5.74, 6) is 3.16. The fraction of sp³-hybridized carbons (Fsp3) is 0.438. The van der Waals surface area contributed by atoms with Crippen molar-refractivity contribution in [2.24, 2.45) is 11.8 Å². The molecular formula is C16H18N2O2.